The third-order valence-electron chi connectivity index (χ3n) is 7.29. The number of rotatable bonds is 2. The molecule has 0 fully saturated rings. The first kappa shape index (κ1) is 21.9. The van der Waals surface area contributed by atoms with Crippen LogP contribution >= 0.6 is 22.7 Å². The van der Waals surface area contributed by atoms with Crippen LogP contribution in [0.25, 0.3) is 82.4 Å². The summed E-state index contributed by atoms with van der Waals surface area (Å²) in [7, 11) is 0. The Kier molecular flexibility index (Phi) is 4.63. The number of hydrogen-bond acceptors (Lipinski definition) is 6. The molecular formula is C32H16N4S2Se. The first-order valence-corrected chi connectivity index (χ1v) is 15.9. The number of thiophene rings is 2. The summed E-state index contributed by atoms with van der Waals surface area (Å²) in [5.74, 6) is 0. The zero-order valence-corrected chi connectivity index (χ0v) is 23.6. The van der Waals surface area contributed by atoms with Crippen LogP contribution in [0.15, 0.2) is 97.6 Å². The maximum absolute atomic E-state index is 4.78. The summed E-state index contributed by atoms with van der Waals surface area (Å²) in [6, 6.07) is 26.2. The van der Waals surface area contributed by atoms with Crippen molar-refractivity contribution in [2.45, 2.75) is 0 Å². The SMILES string of the molecule is c1ccc2c(-c3cc4[se]c5cc(-c6c7ccccc7cc7nccnc67)sc5c4s3)c3nccnc3cc2c1. The molecule has 9 rings (SSSR count). The van der Waals surface area contributed by atoms with E-state index in [-0.39, 0.29) is 14.5 Å². The zero-order chi connectivity index (χ0) is 25.5. The molecule has 0 aliphatic rings. The Morgan fingerprint density at radius 3 is 1.49 bits per heavy atom. The average molecular weight is 600 g/mol. The molecule has 5 aromatic heterocycles. The van der Waals surface area contributed by atoms with E-state index in [9.17, 15) is 0 Å². The topological polar surface area (TPSA) is 51.6 Å². The molecule has 0 saturated heterocycles. The normalized spacial score (nSPS) is 12.1. The van der Waals surface area contributed by atoms with E-state index in [1.165, 1.54) is 60.3 Å². The number of nitrogens with zero attached hydrogens (tertiary/aromatic N) is 4. The van der Waals surface area contributed by atoms with Crippen LogP contribution in [0.4, 0.5) is 0 Å². The molecule has 39 heavy (non-hydrogen) atoms. The first-order valence-electron chi connectivity index (χ1n) is 12.5. The summed E-state index contributed by atoms with van der Waals surface area (Å²) in [5.41, 5.74) is 6.20. The van der Waals surface area contributed by atoms with Crippen LogP contribution in [0.5, 0.6) is 0 Å². The first-order chi connectivity index (χ1) is 19.3. The van der Waals surface area contributed by atoms with Crippen molar-refractivity contribution in [3.05, 3.63) is 97.6 Å². The molecule has 0 amide bonds. The van der Waals surface area contributed by atoms with E-state index in [2.05, 4.69) is 82.8 Å². The van der Waals surface area contributed by atoms with Crippen LogP contribution in [0.2, 0.25) is 0 Å². The van der Waals surface area contributed by atoms with E-state index in [0.717, 1.165) is 22.1 Å². The van der Waals surface area contributed by atoms with Gasteiger partial charge in [0.2, 0.25) is 0 Å². The van der Waals surface area contributed by atoms with Gasteiger partial charge in [-0.3, -0.25) is 0 Å². The van der Waals surface area contributed by atoms with Gasteiger partial charge in [-0.1, -0.05) is 0 Å². The fourth-order valence-electron chi connectivity index (χ4n) is 5.63. The van der Waals surface area contributed by atoms with E-state index in [0.29, 0.717) is 0 Å². The molecule has 5 heterocycles. The molecule has 0 spiro atoms. The summed E-state index contributed by atoms with van der Waals surface area (Å²) < 4.78 is 5.72. The molecule has 7 heteroatoms. The summed E-state index contributed by atoms with van der Waals surface area (Å²) in [6.07, 6.45) is 7.15. The van der Waals surface area contributed by atoms with Crippen molar-refractivity contribution in [2.75, 3.05) is 0 Å². The fraction of sp³-hybridized carbons (Fsp3) is 0. The Hall–Kier alpha value is -4.00. The van der Waals surface area contributed by atoms with Gasteiger partial charge in [-0.05, 0) is 0 Å². The average Bonchev–Trinajstić information content (AvgIpc) is 3.65. The van der Waals surface area contributed by atoms with Gasteiger partial charge >= 0.3 is 237 Å². The van der Waals surface area contributed by atoms with Gasteiger partial charge in [0.15, 0.2) is 0 Å². The minimum absolute atomic E-state index is 0.256. The van der Waals surface area contributed by atoms with E-state index < -0.39 is 0 Å². The number of fused-ring (bicyclic) bond motifs is 7. The Labute approximate surface area is 236 Å². The number of benzene rings is 4. The van der Waals surface area contributed by atoms with Crippen LogP contribution in [0, 0.1) is 0 Å². The molecule has 0 aliphatic carbocycles. The molecule has 0 aliphatic heterocycles. The van der Waals surface area contributed by atoms with Gasteiger partial charge in [0.1, 0.15) is 0 Å². The quantitative estimate of drug-likeness (QED) is 0.147. The molecule has 0 unspecified atom stereocenters. The van der Waals surface area contributed by atoms with Crippen molar-refractivity contribution in [2.24, 2.45) is 0 Å². The van der Waals surface area contributed by atoms with Gasteiger partial charge in [-0.15, -0.1) is 0 Å². The van der Waals surface area contributed by atoms with Gasteiger partial charge in [0.05, 0.1) is 0 Å². The molecule has 0 N–H and O–H groups in total. The van der Waals surface area contributed by atoms with Gasteiger partial charge in [-0.2, -0.15) is 0 Å². The predicted molar refractivity (Wildman–Crippen MR) is 166 cm³/mol. The second kappa shape index (κ2) is 8.25. The van der Waals surface area contributed by atoms with Crippen LogP contribution in [0.3, 0.4) is 0 Å². The van der Waals surface area contributed by atoms with E-state index in [1.807, 2.05) is 22.7 Å². The molecule has 0 atom stereocenters. The predicted octanol–water partition coefficient (Wildman–Crippen LogP) is 8.70. The van der Waals surface area contributed by atoms with Crippen molar-refractivity contribution < 1.29 is 0 Å². The summed E-state index contributed by atoms with van der Waals surface area (Å²) in [4.78, 5) is 21.4. The van der Waals surface area contributed by atoms with Crippen LogP contribution < -0.4 is 0 Å². The summed E-state index contributed by atoms with van der Waals surface area (Å²) >= 11 is 4.04. The van der Waals surface area contributed by atoms with Crippen molar-refractivity contribution >= 4 is 98.7 Å². The molecular weight excluding hydrogens is 583 g/mol. The second-order valence-corrected chi connectivity index (χ2v) is 13.9. The number of hydrogen-bond donors (Lipinski definition) is 0. The summed E-state index contributed by atoms with van der Waals surface area (Å²) in [5, 5.41) is 4.85. The Bertz CT molecular complexity index is 2140. The molecule has 0 radical (unpaired) electrons. The van der Waals surface area contributed by atoms with Crippen molar-refractivity contribution in [3.8, 4) is 20.9 Å². The Balaban J connectivity index is 1.30. The van der Waals surface area contributed by atoms with Crippen molar-refractivity contribution in [3.63, 3.8) is 0 Å². The monoisotopic (exact) mass is 600 g/mol. The zero-order valence-electron chi connectivity index (χ0n) is 20.3. The van der Waals surface area contributed by atoms with Crippen LogP contribution in [0.1, 0.15) is 0 Å². The van der Waals surface area contributed by atoms with Gasteiger partial charge in [0.25, 0.3) is 0 Å². The van der Waals surface area contributed by atoms with Gasteiger partial charge in [-0.25, -0.2) is 0 Å². The maximum atomic E-state index is 4.78. The summed E-state index contributed by atoms with van der Waals surface area (Å²) in [6.45, 7) is 0. The molecule has 182 valence electrons. The van der Waals surface area contributed by atoms with E-state index in [1.54, 1.807) is 24.8 Å². The Morgan fingerprint density at radius 2 is 0.974 bits per heavy atom. The molecule has 4 nitrogen and oxygen atoms in total. The third kappa shape index (κ3) is 3.22. The van der Waals surface area contributed by atoms with Crippen molar-refractivity contribution in [1.82, 2.24) is 19.9 Å². The van der Waals surface area contributed by atoms with Crippen molar-refractivity contribution in [1.29, 1.82) is 0 Å². The third-order valence-corrected chi connectivity index (χ3v) is 12.6. The molecule has 4 aromatic carbocycles. The van der Waals surface area contributed by atoms with Gasteiger partial charge < -0.3 is 0 Å². The van der Waals surface area contributed by atoms with Crippen LogP contribution in [-0.4, -0.2) is 34.4 Å². The molecule has 0 saturated carbocycles. The second-order valence-electron chi connectivity index (χ2n) is 9.50. The van der Waals surface area contributed by atoms with E-state index in [4.69, 9.17) is 9.97 Å². The van der Waals surface area contributed by atoms with Gasteiger partial charge in [0, 0.05) is 0 Å². The standard InChI is InChI=1S/C32H16N4S2Se/c1-3-7-19-17(5-1)13-21-29(35-11-9-33-21)27(19)23-15-25-31(37-23)32-26(39-25)16-24(38-32)28-20-8-4-2-6-18(20)14-22-30(28)36-12-10-34-22/h1-16H. The molecule has 0 bridgehead atoms. The Morgan fingerprint density at radius 1 is 0.513 bits per heavy atom. The fourth-order valence-corrected chi connectivity index (χ4v) is 11.7. The van der Waals surface area contributed by atoms with E-state index >= 15 is 0 Å². The number of aromatic nitrogens is 4. The molecule has 9 aromatic rings. The van der Waals surface area contributed by atoms with Crippen LogP contribution in [-0.2, 0) is 0 Å². The minimum atomic E-state index is 0.256.